The molecule has 0 heterocycles. The number of hydrogen-bond donors (Lipinski definition) is 1. The van der Waals surface area contributed by atoms with Crippen LogP contribution in [0.5, 0.6) is 0 Å². The van der Waals surface area contributed by atoms with Gasteiger partial charge in [-0.05, 0) is 24.1 Å². The van der Waals surface area contributed by atoms with Gasteiger partial charge in [0.25, 0.3) is 0 Å². The predicted octanol–water partition coefficient (Wildman–Crippen LogP) is 2.72. The summed E-state index contributed by atoms with van der Waals surface area (Å²) in [5.74, 6) is -0.369. The average Bonchev–Trinajstić information content (AvgIpc) is 2.46. The zero-order valence-electron chi connectivity index (χ0n) is 10.5. The molecule has 2 rings (SSSR count). The molecule has 0 fully saturated rings. The van der Waals surface area contributed by atoms with E-state index >= 15 is 0 Å². The van der Waals surface area contributed by atoms with Crippen molar-refractivity contribution in [3.05, 3.63) is 70.8 Å². The van der Waals surface area contributed by atoms with E-state index in [0.717, 1.165) is 11.8 Å². The van der Waals surface area contributed by atoms with E-state index < -0.39 is 6.10 Å². The second-order valence-electron chi connectivity index (χ2n) is 4.37. The lowest BCUT2D eigenvalue weighted by Crippen LogP contribution is -2.12. The van der Waals surface area contributed by atoms with Gasteiger partial charge in [-0.25, -0.2) is 0 Å². The minimum absolute atomic E-state index is 0.369. The molecule has 3 nitrogen and oxygen atoms in total. The Bertz CT molecular complexity index is 603. The number of Topliss-reactive ketones (excluding diaryl/α,β-unsaturated/α-hetero) is 1. The molecule has 0 aromatic heterocycles. The Morgan fingerprint density at radius 3 is 2.42 bits per heavy atom. The molecule has 96 valence electrons. The second-order valence-corrected chi connectivity index (χ2v) is 4.37. The lowest BCUT2D eigenvalue weighted by Gasteiger charge is -2.10. The fourth-order valence-corrected chi connectivity index (χ4v) is 1.91. The summed E-state index contributed by atoms with van der Waals surface area (Å²) < 4.78 is 0. The highest BCUT2D eigenvalue weighted by Gasteiger charge is 2.19. The van der Waals surface area contributed by atoms with Crippen LogP contribution in [0.15, 0.2) is 48.5 Å². The second kappa shape index (κ2) is 5.59. The first-order chi connectivity index (χ1) is 9.13. The topological polar surface area (TPSA) is 54.4 Å². The van der Waals surface area contributed by atoms with Crippen molar-refractivity contribution in [3.8, 4) is 0 Å². The molecule has 0 saturated carbocycles. The first-order valence-electron chi connectivity index (χ1n) is 5.96. The smallest absolute Gasteiger partial charge is 0.195 e. The van der Waals surface area contributed by atoms with E-state index in [4.69, 9.17) is 0 Å². The van der Waals surface area contributed by atoms with Gasteiger partial charge in [0.1, 0.15) is 12.4 Å². The molecule has 0 saturated heterocycles. The fourth-order valence-electron chi connectivity index (χ4n) is 1.91. The number of rotatable bonds is 4. The van der Waals surface area contributed by atoms with Gasteiger partial charge in [-0.3, -0.25) is 9.59 Å². The average molecular weight is 254 g/mol. The number of aldehydes is 1. The third-order valence-electron chi connectivity index (χ3n) is 3.04. The zero-order chi connectivity index (χ0) is 13.8. The third kappa shape index (κ3) is 2.77. The van der Waals surface area contributed by atoms with Gasteiger partial charge in [-0.15, -0.1) is 0 Å². The van der Waals surface area contributed by atoms with Crippen molar-refractivity contribution >= 4 is 12.1 Å². The molecule has 0 amide bonds. The first kappa shape index (κ1) is 13.2. The molecule has 0 aliphatic carbocycles. The van der Waals surface area contributed by atoms with Crippen LogP contribution in [0.2, 0.25) is 0 Å². The van der Waals surface area contributed by atoms with Gasteiger partial charge in [0.15, 0.2) is 5.78 Å². The van der Waals surface area contributed by atoms with E-state index in [1.807, 2.05) is 6.07 Å². The maximum Gasteiger partial charge on any atom is 0.195 e. The van der Waals surface area contributed by atoms with Crippen LogP contribution < -0.4 is 0 Å². The van der Waals surface area contributed by atoms with Gasteiger partial charge in [0.05, 0.1) is 0 Å². The molecule has 1 unspecified atom stereocenters. The molecule has 0 aliphatic heterocycles. The Hall–Kier alpha value is -2.26. The maximum atomic E-state index is 12.2. The lowest BCUT2D eigenvalue weighted by atomic mass is 9.97. The minimum Gasteiger partial charge on any atom is -0.380 e. The van der Waals surface area contributed by atoms with Gasteiger partial charge < -0.3 is 5.11 Å². The fraction of sp³-hybridized carbons (Fsp3) is 0.125. The molecule has 1 N–H and O–H groups in total. The summed E-state index contributed by atoms with van der Waals surface area (Å²) in [6, 6.07) is 13.5. The SMILES string of the molecule is Cc1cc(C(=O)C(O)c2ccccc2)ccc1C=O. The van der Waals surface area contributed by atoms with Crippen LogP contribution in [0.3, 0.4) is 0 Å². The Kier molecular flexibility index (Phi) is 3.88. The van der Waals surface area contributed by atoms with Crippen LogP contribution in [-0.2, 0) is 0 Å². The van der Waals surface area contributed by atoms with Crippen molar-refractivity contribution in [1.29, 1.82) is 0 Å². The van der Waals surface area contributed by atoms with Crippen LogP contribution in [0.25, 0.3) is 0 Å². The van der Waals surface area contributed by atoms with E-state index in [-0.39, 0.29) is 5.78 Å². The third-order valence-corrected chi connectivity index (χ3v) is 3.04. The van der Waals surface area contributed by atoms with Crippen molar-refractivity contribution in [2.24, 2.45) is 0 Å². The first-order valence-corrected chi connectivity index (χ1v) is 5.96. The van der Waals surface area contributed by atoms with Gasteiger partial charge >= 0.3 is 0 Å². The van der Waals surface area contributed by atoms with Crippen molar-refractivity contribution in [2.45, 2.75) is 13.0 Å². The van der Waals surface area contributed by atoms with E-state index in [9.17, 15) is 14.7 Å². The number of ketones is 1. The van der Waals surface area contributed by atoms with Crippen molar-refractivity contribution in [2.75, 3.05) is 0 Å². The van der Waals surface area contributed by atoms with Gasteiger partial charge in [0, 0.05) is 11.1 Å². The van der Waals surface area contributed by atoms with Crippen molar-refractivity contribution in [3.63, 3.8) is 0 Å². The van der Waals surface area contributed by atoms with Crippen LogP contribution in [-0.4, -0.2) is 17.2 Å². The highest BCUT2D eigenvalue weighted by Crippen LogP contribution is 2.19. The minimum atomic E-state index is -1.18. The number of benzene rings is 2. The summed E-state index contributed by atoms with van der Waals surface area (Å²) in [7, 11) is 0. The molecule has 0 radical (unpaired) electrons. The summed E-state index contributed by atoms with van der Waals surface area (Å²) in [4.78, 5) is 22.9. The normalized spacial score (nSPS) is 11.9. The molecular formula is C16H14O3. The summed E-state index contributed by atoms with van der Waals surface area (Å²) >= 11 is 0. The number of carbonyl (C=O) groups excluding carboxylic acids is 2. The Morgan fingerprint density at radius 1 is 1.16 bits per heavy atom. The number of aliphatic hydroxyl groups is 1. The summed E-state index contributed by atoms with van der Waals surface area (Å²) in [5, 5.41) is 10.0. The van der Waals surface area contributed by atoms with Crippen LogP contribution in [0, 0.1) is 6.92 Å². The van der Waals surface area contributed by atoms with E-state index in [1.54, 1.807) is 49.4 Å². The standard InChI is InChI=1S/C16H14O3/c1-11-9-13(7-8-14(11)10-17)16(19)15(18)12-5-3-2-4-6-12/h2-10,15,18H,1H3. The summed E-state index contributed by atoms with van der Waals surface area (Å²) in [6.07, 6.45) is -0.431. The van der Waals surface area contributed by atoms with Crippen LogP contribution in [0.4, 0.5) is 0 Å². The van der Waals surface area contributed by atoms with Crippen molar-refractivity contribution in [1.82, 2.24) is 0 Å². The van der Waals surface area contributed by atoms with Gasteiger partial charge in [-0.1, -0.05) is 42.5 Å². The van der Waals surface area contributed by atoms with Crippen LogP contribution >= 0.6 is 0 Å². The molecule has 0 aliphatic rings. The van der Waals surface area contributed by atoms with E-state index in [2.05, 4.69) is 0 Å². The molecule has 19 heavy (non-hydrogen) atoms. The summed E-state index contributed by atoms with van der Waals surface area (Å²) in [5.41, 5.74) is 2.23. The molecule has 1 atom stereocenters. The Morgan fingerprint density at radius 2 is 1.84 bits per heavy atom. The van der Waals surface area contributed by atoms with Gasteiger partial charge in [0.2, 0.25) is 0 Å². The number of aryl methyl sites for hydroxylation is 1. The van der Waals surface area contributed by atoms with E-state index in [0.29, 0.717) is 16.7 Å². The van der Waals surface area contributed by atoms with E-state index in [1.165, 1.54) is 0 Å². The molecular weight excluding hydrogens is 240 g/mol. The van der Waals surface area contributed by atoms with Crippen LogP contribution in [0.1, 0.15) is 37.9 Å². The maximum absolute atomic E-state index is 12.2. The van der Waals surface area contributed by atoms with Gasteiger partial charge in [-0.2, -0.15) is 0 Å². The number of carbonyl (C=O) groups is 2. The largest absolute Gasteiger partial charge is 0.380 e. The number of hydrogen-bond acceptors (Lipinski definition) is 3. The Labute approximate surface area is 111 Å². The predicted molar refractivity (Wildman–Crippen MR) is 72.3 cm³/mol. The highest BCUT2D eigenvalue weighted by molar-refractivity contribution is 6.00. The molecule has 0 spiro atoms. The molecule has 2 aromatic rings. The summed E-state index contributed by atoms with van der Waals surface area (Å²) in [6.45, 7) is 1.76. The van der Waals surface area contributed by atoms with Crippen molar-refractivity contribution < 1.29 is 14.7 Å². The lowest BCUT2D eigenvalue weighted by molar-refractivity contribution is 0.0747. The molecule has 3 heteroatoms. The Balaban J connectivity index is 2.29. The molecule has 2 aromatic carbocycles. The zero-order valence-corrected chi connectivity index (χ0v) is 10.5. The quantitative estimate of drug-likeness (QED) is 0.674. The highest BCUT2D eigenvalue weighted by atomic mass is 16.3. The molecule has 0 bridgehead atoms. The monoisotopic (exact) mass is 254 g/mol. The number of aliphatic hydroxyl groups excluding tert-OH is 1.